The molecule has 7 heteroatoms. The van der Waals surface area contributed by atoms with Crippen LogP contribution in [0.3, 0.4) is 0 Å². The highest BCUT2D eigenvalue weighted by Crippen LogP contribution is 2.69. The molecule has 0 aromatic heterocycles. The third kappa shape index (κ3) is 1.96. The predicted octanol–water partition coefficient (Wildman–Crippen LogP) is -0.0569. The number of ether oxygens (including phenoxy) is 1. The average molecular weight is 380 g/mol. The van der Waals surface area contributed by atoms with E-state index >= 15 is 0 Å². The lowest BCUT2D eigenvalue weighted by Crippen LogP contribution is -2.80. The number of hydrogen-bond donors (Lipinski definition) is 4. The summed E-state index contributed by atoms with van der Waals surface area (Å²) in [6, 6.07) is 0. The van der Waals surface area contributed by atoms with E-state index in [2.05, 4.69) is 0 Å². The minimum absolute atomic E-state index is 0.291. The number of hydrogen-bond acceptors (Lipinski definition) is 7. The molecule has 1 saturated heterocycles. The number of aliphatic hydroxyl groups is 4. The third-order valence-corrected chi connectivity index (χ3v) is 8.54. The summed E-state index contributed by atoms with van der Waals surface area (Å²) in [6.07, 6.45) is -3.15. The Labute approximate surface area is 158 Å². The van der Waals surface area contributed by atoms with Crippen LogP contribution in [-0.4, -0.2) is 62.2 Å². The van der Waals surface area contributed by atoms with Crippen molar-refractivity contribution in [2.75, 3.05) is 0 Å². The Morgan fingerprint density at radius 1 is 1.15 bits per heavy atom. The second-order valence-electron chi connectivity index (χ2n) is 9.46. The molecule has 3 aliphatic carbocycles. The number of fused-ring (bicyclic) bond motifs is 2. The summed E-state index contributed by atoms with van der Waals surface area (Å²) >= 11 is 0. The van der Waals surface area contributed by atoms with Gasteiger partial charge in [0.2, 0.25) is 0 Å². The molecule has 2 saturated carbocycles. The fourth-order valence-electron chi connectivity index (χ4n) is 7.00. The summed E-state index contributed by atoms with van der Waals surface area (Å²) in [5.41, 5.74) is -3.06. The van der Waals surface area contributed by atoms with Crippen molar-refractivity contribution in [1.29, 1.82) is 0 Å². The second-order valence-corrected chi connectivity index (χ2v) is 9.46. The molecule has 4 rings (SSSR count). The molecule has 0 radical (unpaired) electrons. The predicted molar refractivity (Wildman–Crippen MR) is 93.2 cm³/mol. The van der Waals surface area contributed by atoms with E-state index in [1.807, 2.05) is 0 Å². The minimum atomic E-state index is -1.61. The van der Waals surface area contributed by atoms with Crippen LogP contribution in [0.4, 0.5) is 0 Å². The fraction of sp³-hybridized carbons (Fsp3) is 0.800. The normalized spacial score (nSPS) is 57.3. The number of aliphatic hydroxyl groups excluding tert-OH is 3. The van der Waals surface area contributed by atoms with Gasteiger partial charge in [-0.2, -0.15) is 0 Å². The molecule has 0 aromatic rings. The van der Waals surface area contributed by atoms with Crippen LogP contribution in [0.25, 0.3) is 0 Å². The van der Waals surface area contributed by atoms with E-state index in [1.165, 1.54) is 6.08 Å². The van der Waals surface area contributed by atoms with Crippen LogP contribution in [-0.2, 0) is 14.3 Å². The van der Waals surface area contributed by atoms with Gasteiger partial charge >= 0.3 is 5.97 Å². The number of allylic oxidation sites excluding steroid dienone is 1. The van der Waals surface area contributed by atoms with Crippen LogP contribution in [0.5, 0.6) is 0 Å². The van der Waals surface area contributed by atoms with Gasteiger partial charge in [-0.25, -0.2) is 0 Å². The lowest BCUT2D eigenvalue weighted by Gasteiger charge is -2.71. The Bertz CT molecular complexity index is 747. The molecule has 0 bridgehead atoms. The zero-order valence-electron chi connectivity index (χ0n) is 16.0. The summed E-state index contributed by atoms with van der Waals surface area (Å²) in [5.74, 6) is -2.89. The highest BCUT2D eigenvalue weighted by Gasteiger charge is 2.77. The fourth-order valence-corrected chi connectivity index (χ4v) is 7.00. The monoisotopic (exact) mass is 380 g/mol. The molecule has 1 aliphatic heterocycles. The van der Waals surface area contributed by atoms with Gasteiger partial charge in [-0.3, -0.25) is 9.59 Å². The third-order valence-electron chi connectivity index (χ3n) is 8.54. The number of esters is 1. The van der Waals surface area contributed by atoms with Crippen molar-refractivity contribution < 1.29 is 34.8 Å². The van der Waals surface area contributed by atoms with Crippen LogP contribution in [0, 0.1) is 28.6 Å². The van der Waals surface area contributed by atoms with Crippen LogP contribution >= 0.6 is 0 Å². The molecule has 27 heavy (non-hydrogen) atoms. The molecule has 7 nitrogen and oxygen atoms in total. The van der Waals surface area contributed by atoms with Gasteiger partial charge in [0.25, 0.3) is 0 Å². The van der Waals surface area contributed by atoms with Crippen LogP contribution in [0.15, 0.2) is 11.6 Å². The number of carbonyl (C=O) groups excluding carboxylic acids is 2. The molecule has 0 amide bonds. The first-order valence-corrected chi connectivity index (χ1v) is 9.58. The lowest BCUT2D eigenvalue weighted by atomic mass is 9.37. The van der Waals surface area contributed by atoms with Crippen molar-refractivity contribution in [3.8, 4) is 0 Å². The summed E-state index contributed by atoms with van der Waals surface area (Å²) in [6.45, 7) is 6.91. The van der Waals surface area contributed by atoms with Crippen molar-refractivity contribution in [3.05, 3.63) is 11.6 Å². The molecule has 0 spiro atoms. The maximum Gasteiger partial charge on any atom is 0.309 e. The molecule has 150 valence electrons. The quantitative estimate of drug-likeness (QED) is 0.434. The van der Waals surface area contributed by atoms with E-state index in [4.69, 9.17) is 4.74 Å². The van der Waals surface area contributed by atoms with Gasteiger partial charge in [-0.1, -0.05) is 26.3 Å². The SMILES string of the molecule is CC1=CC(=O)[C@@H](O)[C@]2(C)[C@H]3[C@@H](O)[C@H](O)[C@H](C)[C@]4(O)CC(=O)O[C@H](C[C@@H]12)[C@]34C. The maximum atomic E-state index is 12.5. The summed E-state index contributed by atoms with van der Waals surface area (Å²) in [7, 11) is 0. The Hall–Kier alpha value is -1.28. The smallest absolute Gasteiger partial charge is 0.309 e. The first-order valence-electron chi connectivity index (χ1n) is 9.58. The van der Waals surface area contributed by atoms with Gasteiger partial charge in [0.05, 0.1) is 24.2 Å². The zero-order chi connectivity index (χ0) is 20.1. The summed E-state index contributed by atoms with van der Waals surface area (Å²) < 4.78 is 5.65. The van der Waals surface area contributed by atoms with E-state index in [9.17, 15) is 30.0 Å². The molecule has 0 aromatic carbocycles. The number of rotatable bonds is 0. The van der Waals surface area contributed by atoms with Gasteiger partial charge in [0.1, 0.15) is 12.2 Å². The van der Waals surface area contributed by atoms with Crippen molar-refractivity contribution >= 4 is 11.8 Å². The van der Waals surface area contributed by atoms with Crippen molar-refractivity contribution in [2.45, 2.75) is 70.6 Å². The van der Waals surface area contributed by atoms with E-state index in [0.29, 0.717) is 6.42 Å². The number of ketones is 1. The largest absolute Gasteiger partial charge is 0.462 e. The van der Waals surface area contributed by atoms with E-state index < -0.39 is 64.4 Å². The van der Waals surface area contributed by atoms with Crippen molar-refractivity contribution in [3.63, 3.8) is 0 Å². The second kappa shape index (κ2) is 5.41. The molecular formula is C20H28O7. The molecule has 3 fully saturated rings. The molecule has 4 N–H and O–H groups in total. The first-order chi connectivity index (χ1) is 12.4. The maximum absolute atomic E-state index is 12.5. The highest BCUT2D eigenvalue weighted by molar-refractivity contribution is 5.96. The van der Waals surface area contributed by atoms with E-state index in [-0.39, 0.29) is 12.3 Å². The van der Waals surface area contributed by atoms with E-state index in [0.717, 1.165) is 5.57 Å². The topological polar surface area (TPSA) is 124 Å². The summed E-state index contributed by atoms with van der Waals surface area (Å²) in [5, 5.41) is 44.4. The van der Waals surface area contributed by atoms with Gasteiger partial charge in [-0.05, 0) is 25.3 Å². The molecule has 1 heterocycles. The Kier molecular flexibility index (Phi) is 3.82. The molecule has 10 atom stereocenters. The van der Waals surface area contributed by atoms with E-state index in [1.54, 1.807) is 27.7 Å². The molecular weight excluding hydrogens is 352 g/mol. The number of carbonyl (C=O) groups is 2. The Balaban J connectivity index is 1.99. The van der Waals surface area contributed by atoms with Crippen molar-refractivity contribution in [2.24, 2.45) is 28.6 Å². The molecule has 4 aliphatic rings. The van der Waals surface area contributed by atoms with Gasteiger partial charge < -0.3 is 25.2 Å². The van der Waals surface area contributed by atoms with Gasteiger partial charge in [0.15, 0.2) is 5.78 Å². The highest BCUT2D eigenvalue weighted by atomic mass is 16.6. The Morgan fingerprint density at radius 3 is 2.41 bits per heavy atom. The van der Waals surface area contributed by atoms with Crippen LogP contribution in [0.1, 0.15) is 40.5 Å². The van der Waals surface area contributed by atoms with Crippen LogP contribution < -0.4 is 0 Å². The lowest BCUT2D eigenvalue weighted by molar-refractivity contribution is -0.336. The van der Waals surface area contributed by atoms with Gasteiger partial charge in [-0.15, -0.1) is 0 Å². The van der Waals surface area contributed by atoms with Gasteiger partial charge in [0, 0.05) is 22.7 Å². The Morgan fingerprint density at radius 2 is 1.78 bits per heavy atom. The van der Waals surface area contributed by atoms with Crippen LogP contribution in [0.2, 0.25) is 0 Å². The average Bonchev–Trinajstić information content (AvgIpc) is 2.58. The molecule has 0 unspecified atom stereocenters. The summed E-state index contributed by atoms with van der Waals surface area (Å²) in [4.78, 5) is 24.7. The van der Waals surface area contributed by atoms with Crippen molar-refractivity contribution in [1.82, 2.24) is 0 Å². The minimum Gasteiger partial charge on any atom is -0.462 e. The first kappa shape index (κ1) is 19.1. The zero-order valence-corrected chi connectivity index (χ0v) is 16.0. The standard InChI is InChI=1S/C20H28O7/c1-8-5-11(21)17(25)18(3)10(8)6-12-19(4)16(18)15(24)14(23)9(2)20(19,26)7-13(22)27-12/h5,9-10,12,14-17,23-26H,6-7H2,1-4H3/t9-,10-,12+,14+,15-,16+,17+,18-,19+,20+/m0/s1.